The van der Waals surface area contributed by atoms with Crippen molar-refractivity contribution in [3.8, 4) is 6.07 Å². The molecule has 0 aromatic carbocycles. The highest BCUT2D eigenvalue weighted by molar-refractivity contribution is 5.85. The third kappa shape index (κ3) is 3.00. The molecule has 0 aromatic heterocycles. The van der Waals surface area contributed by atoms with E-state index in [-0.39, 0.29) is 35.9 Å². The minimum atomic E-state index is -0.481. The number of nitriles is 1. The van der Waals surface area contributed by atoms with Crippen LogP contribution in [0.25, 0.3) is 0 Å². The average Bonchev–Trinajstić information content (AvgIpc) is 3.09. The number of hydrogen-bond acceptors (Lipinski definition) is 5. The fourth-order valence-corrected chi connectivity index (χ4v) is 7.29. The van der Waals surface area contributed by atoms with Gasteiger partial charge in [-0.25, -0.2) is 4.79 Å². The molecule has 0 aromatic rings. The van der Waals surface area contributed by atoms with Gasteiger partial charge in [-0.05, 0) is 73.7 Å². The van der Waals surface area contributed by atoms with Crippen LogP contribution < -0.4 is 0 Å². The molecule has 0 bridgehead atoms. The molecule has 0 saturated heterocycles. The fraction of sp³-hybridized carbons (Fsp3) is 0.826. The molecule has 8 atom stereocenters. The predicted molar refractivity (Wildman–Crippen MR) is 104 cm³/mol. The van der Waals surface area contributed by atoms with Crippen molar-refractivity contribution < 1.29 is 19.7 Å². The Morgan fingerprint density at radius 3 is 2.71 bits per heavy atom. The van der Waals surface area contributed by atoms with Gasteiger partial charge >= 0.3 is 5.97 Å². The summed E-state index contributed by atoms with van der Waals surface area (Å²) in [4.78, 5) is 11.6. The third-order valence-electron chi connectivity index (χ3n) is 9.02. The van der Waals surface area contributed by atoms with E-state index in [0.29, 0.717) is 18.3 Å². The van der Waals surface area contributed by atoms with Crippen molar-refractivity contribution in [2.45, 2.75) is 77.4 Å². The first-order valence-corrected chi connectivity index (χ1v) is 10.9. The zero-order chi connectivity index (χ0) is 20.1. The zero-order valence-electron chi connectivity index (χ0n) is 17.1. The Labute approximate surface area is 167 Å². The number of aliphatic hydroxyl groups excluding tert-OH is 2. The first-order valence-electron chi connectivity index (χ1n) is 10.9. The van der Waals surface area contributed by atoms with Gasteiger partial charge < -0.3 is 14.9 Å². The molecule has 3 fully saturated rings. The second kappa shape index (κ2) is 7.15. The van der Waals surface area contributed by atoms with E-state index in [1.807, 2.05) is 0 Å². The minimum absolute atomic E-state index is 0.140. The first kappa shape index (κ1) is 19.9. The molecule has 4 aliphatic rings. The highest BCUT2D eigenvalue weighted by atomic mass is 16.5. The number of aliphatic hydroxyl groups is 2. The average molecular weight is 388 g/mol. The van der Waals surface area contributed by atoms with Gasteiger partial charge in [-0.1, -0.05) is 13.8 Å². The molecule has 1 aliphatic heterocycles. The van der Waals surface area contributed by atoms with Crippen molar-refractivity contribution in [3.63, 3.8) is 0 Å². The van der Waals surface area contributed by atoms with Gasteiger partial charge in [0, 0.05) is 23.8 Å². The molecular weight excluding hydrogens is 354 g/mol. The second-order valence-corrected chi connectivity index (χ2v) is 10.2. The van der Waals surface area contributed by atoms with Gasteiger partial charge in [0.2, 0.25) is 0 Å². The van der Waals surface area contributed by atoms with Crippen LogP contribution in [-0.2, 0) is 9.53 Å². The van der Waals surface area contributed by atoms with Crippen LogP contribution in [0.1, 0.15) is 65.2 Å². The molecule has 4 rings (SSSR count). The Bertz CT molecular complexity index is 712. The predicted octanol–water partition coefficient (Wildman–Crippen LogP) is 3.35. The first-order chi connectivity index (χ1) is 13.3. The van der Waals surface area contributed by atoms with E-state index in [0.717, 1.165) is 50.5 Å². The number of fused-ring (bicyclic) bond motifs is 3. The van der Waals surface area contributed by atoms with Gasteiger partial charge in [-0.3, -0.25) is 0 Å². The summed E-state index contributed by atoms with van der Waals surface area (Å²) < 4.78 is 5.12. The summed E-state index contributed by atoms with van der Waals surface area (Å²) in [5, 5.41) is 31.2. The lowest BCUT2D eigenvalue weighted by molar-refractivity contribution is -0.165. The third-order valence-corrected chi connectivity index (χ3v) is 9.02. The van der Waals surface area contributed by atoms with Crippen LogP contribution in [0.15, 0.2) is 11.6 Å². The number of carbonyl (C=O) groups excluding carboxylic acids is 1. The topological polar surface area (TPSA) is 90.6 Å². The van der Waals surface area contributed by atoms with Crippen molar-refractivity contribution in [2.75, 3.05) is 6.61 Å². The van der Waals surface area contributed by atoms with Gasteiger partial charge in [0.25, 0.3) is 0 Å². The highest BCUT2D eigenvalue weighted by Gasteiger charge is 2.58. The van der Waals surface area contributed by atoms with E-state index in [1.165, 1.54) is 6.08 Å². The van der Waals surface area contributed by atoms with Gasteiger partial charge in [-0.15, -0.1) is 0 Å². The summed E-state index contributed by atoms with van der Waals surface area (Å²) in [7, 11) is 0. The minimum Gasteiger partial charge on any atom is -0.458 e. The van der Waals surface area contributed by atoms with Crippen molar-refractivity contribution in [3.05, 3.63) is 11.6 Å². The lowest BCUT2D eigenvalue weighted by Crippen LogP contribution is -2.58. The summed E-state index contributed by atoms with van der Waals surface area (Å²) in [6, 6.07) is 2.29. The van der Waals surface area contributed by atoms with Gasteiger partial charge in [0.1, 0.15) is 6.61 Å². The van der Waals surface area contributed by atoms with Crippen LogP contribution in [0, 0.1) is 45.8 Å². The lowest BCUT2D eigenvalue weighted by atomic mass is 9.45. The van der Waals surface area contributed by atoms with Crippen LogP contribution >= 0.6 is 0 Å². The maximum atomic E-state index is 11.6. The SMILES string of the molecule is C[C@]1([C@H](CC#N)C2=CC(=O)OC2)CCC2C(CC[C@@H]3C[C@@H](O)CC[C@]23C)[C@@H]1O. The van der Waals surface area contributed by atoms with Crippen molar-refractivity contribution in [1.82, 2.24) is 0 Å². The Hall–Kier alpha value is -1.38. The summed E-state index contributed by atoms with van der Waals surface area (Å²) in [6.45, 7) is 4.74. The number of nitrogens with zero attached hydrogens (tertiary/aromatic N) is 1. The Morgan fingerprint density at radius 2 is 2.04 bits per heavy atom. The number of rotatable bonds is 3. The van der Waals surface area contributed by atoms with E-state index in [9.17, 15) is 20.3 Å². The van der Waals surface area contributed by atoms with Crippen molar-refractivity contribution in [1.29, 1.82) is 5.26 Å². The molecule has 28 heavy (non-hydrogen) atoms. The molecule has 0 radical (unpaired) electrons. The van der Waals surface area contributed by atoms with E-state index in [1.54, 1.807) is 0 Å². The van der Waals surface area contributed by atoms with Crippen LogP contribution in [0.5, 0.6) is 0 Å². The molecule has 154 valence electrons. The van der Waals surface area contributed by atoms with E-state index < -0.39 is 11.5 Å². The fourth-order valence-electron chi connectivity index (χ4n) is 7.29. The normalized spacial score (nSPS) is 46.6. The maximum absolute atomic E-state index is 11.6. The highest BCUT2D eigenvalue weighted by Crippen LogP contribution is 2.63. The van der Waals surface area contributed by atoms with E-state index >= 15 is 0 Å². The second-order valence-electron chi connectivity index (χ2n) is 10.2. The standard InChI is InChI=1S/C23H33NO4/c1-22-8-5-16(25)12-15(22)3-4-17-19(22)6-9-23(2,21(17)27)18(7-10-24)14-11-20(26)28-13-14/h11,15-19,21,25,27H,3-9,12-13H2,1-2H3/t15-,16+,17?,18-,19?,21+,22+,23-/m1/s1. The molecule has 5 nitrogen and oxygen atoms in total. The van der Waals surface area contributed by atoms with Crippen LogP contribution in [0.4, 0.5) is 0 Å². The molecule has 3 aliphatic carbocycles. The summed E-state index contributed by atoms with van der Waals surface area (Å²) in [5.74, 6) is 0.777. The Kier molecular flexibility index (Phi) is 5.08. The molecule has 2 unspecified atom stereocenters. The van der Waals surface area contributed by atoms with Crippen molar-refractivity contribution in [2.24, 2.45) is 34.5 Å². The molecule has 2 N–H and O–H groups in total. The Balaban J connectivity index is 1.61. The number of cyclic esters (lactones) is 1. The van der Waals surface area contributed by atoms with Crippen LogP contribution in [-0.4, -0.2) is 35.0 Å². The zero-order valence-corrected chi connectivity index (χ0v) is 17.1. The smallest absolute Gasteiger partial charge is 0.331 e. The summed E-state index contributed by atoms with van der Waals surface area (Å²) in [5.41, 5.74) is 0.654. The number of hydrogen-bond donors (Lipinski definition) is 2. The van der Waals surface area contributed by atoms with Crippen molar-refractivity contribution >= 4 is 5.97 Å². The van der Waals surface area contributed by atoms with Gasteiger partial charge in [-0.2, -0.15) is 5.26 Å². The Morgan fingerprint density at radius 1 is 1.25 bits per heavy atom. The molecule has 0 spiro atoms. The molecule has 3 saturated carbocycles. The molecular formula is C23H33NO4. The quantitative estimate of drug-likeness (QED) is 0.725. The van der Waals surface area contributed by atoms with Crippen LogP contribution in [0.2, 0.25) is 0 Å². The van der Waals surface area contributed by atoms with E-state index in [2.05, 4.69) is 19.9 Å². The largest absolute Gasteiger partial charge is 0.458 e. The van der Waals surface area contributed by atoms with Gasteiger partial charge in [0.15, 0.2) is 0 Å². The summed E-state index contributed by atoms with van der Waals surface area (Å²) in [6.07, 6.45) is 7.96. The monoisotopic (exact) mass is 387 g/mol. The number of carbonyl (C=O) groups is 1. The maximum Gasteiger partial charge on any atom is 0.331 e. The molecule has 0 amide bonds. The molecule has 5 heteroatoms. The summed E-state index contributed by atoms with van der Waals surface area (Å²) >= 11 is 0. The lowest BCUT2D eigenvalue weighted by Gasteiger charge is -2.61. The van der Waals surface area contributed by atoms with E-state index in [4.69, 9.17) is 4.74 Å². The molecule has 1 heterocycles. The number of esters is 1. The number of ether oxygens (including phenoxy) is 1. The van der Waals surface area contributed by atoms with Gasteiger partial charge in [0.05, 0.1) is 18.3 Å². The van der Waals surface area contributed by atoms with Crippen LogP contribution in [0.3, 0.4) is 0 Å².